The monoisotopic (exact) mass is 721 g/mol. The van der Waals surface area contributed by atoms with Crippen molar-refractivity contribution in [2.75, 3.05) is 5.73 Å². The lowest BCUT2D eigenvalue weighted by Gasteiger charge is -2.09. The normalized spacial score (nSPS) is 10.6. The fraction of sp³-hybridized carbons (Fsp3) is 0.152. The molecule has 4 N–H and O–H groups in total. The van der Waals surface area contributed by atoms with Crippen molar-refractivity contribution in [2.45, 2.75) is 33.5 Å². The van der Waals surface area contributed by atoms with E-state index in [-0.39, 0.29) is 13.2 Å². The SMILES string of the molecule is Cc1c(Br)cccc1Cc1nccc2cc(CO)cnc12.Cc1c(N)cccc1Br.OCc1cnc2c(Cl)nccc2c1. The molecular weight excluding hydrogens is 694 g/mol. The first-order valence-corrected chi connectivity index (χ1v) is 15.3. The molecule has 0 saturated heterocycles. The van der Waals surface area contributed by atoms with Crippen LogP contribution >= 0.6 is 43.5 Å². The van der Waals surface area contributed by atoms with Crippen molar-refractivity contribution in [3.8, 4) is 0 Å². The maximum Gasteiger partial charge on any atom is 0.155 e. The summed E-state index contributed by atoms with van der Waals surface area (Å²) in [5.41, 5.74) is 14.1. The fourth-order valence-corrected chi connectivity index (χ4v) is 5.19. The molecule has 0 aliphatic heterocycles. The van der Waals surface area contributed by atoms with Crippen molar-refractivity contribution in [3.63, 3.8) is 0 Å². The smallest absolute Gasteiger partial charge is 0.155 e. The number of rotatable bonds is 4. The molecule has 2 aromatic carbocycles. The molecule has 43 heavy (non-hydrogen) atoms. The van der Waals surface area contributed by atoms with Gasteiger partial charge in [0, 0.05) is 56.6 Å². The van der Waals surface area contributed by atoms with Crippen molar-refractivity contribution in [2.24, 2.45) is 0 Å². The van der Waals surface area contributed by atoms with E-state index in [1.807, 2.05) is 61.5 Å². The largest absolute Gasteiger partial charge is 0.398 e. The van der Waals surface area contributed by atoms with Crippen LogP contribution in [0.3, 0.4) is 0 Å². The van der Waals surface area contributed by atoms with Crippen LogP contribution in [0.5, 0.6) is 0 Å². The Morgan fingerprint density at radius 2 is 1.28 bits per heavy atom. The number of halogens is 3. The van der Waals surface area contributed by atoms with Gasteiger partial charge in [-0.25, -0.2) is 4.98 Å². The van der Waals surface area contributed by atoms with Crippen molar-refractivity contribution < 1.29 is 10.2 Å². The highest BCUT2D eigenvalue weighted by Crippen LogP contribution is 2.24. The average molecular weight is 724 g/mol. The summed E-state index contributed by atoms with van der Waals surface area (Å²) in [4.78, 5) is 17.0. The number of aromatic nitrogens is 4. The van der Waals surface area contributed by atoms with Crippen LogP contribution in [0.1, 0.15) is 33.5 Å². The lowest BCUT2D eigenvalue weighted by molar-refractivity contribution is 0.281. The summed E-state index contributed by atoms with van der Waals surface area (Å²) in [5, 5.41) is 20.4. The molecule has 0 fully saturated rings. The average Bonchev–Trinajstić information content (AvgIpc) is 3.02. The van der Waals surface area contributed by atoms with Gasteiger partial charge >= 0.3 is 0 Å². The summed E-state index contributed by atoms with van der Waals surface area (Å²) in [6.07, 6.45) is 7.46. The molecule has 6 rings (SSSR count). The number of benzene rings is 2. The fourth-order valence-electron chi connectivity index (χ4n) is 4.19. The van der Waals surface area contributed by atoms with Gasteiger partial charge in [0.1, 0.15) is 5.52 Å². The van der Waals surface area contributed by atoms with Crippen LogP contribution < -0.4 is 5.73 Å². The molecule has 0 unspecified atom stereocenters. The number of fused-ring (bicyclic) bond motifs is 2. The molecule has 0 aliphatic rings. The number of pyridine rings is 4. The van der Waals surface area contributed by atoms with Gasteiger partial charge < -0.3 is 15.9 Å². The maximum atomic E-state index is 9.21. The Morgan fingerprint density at radius 1 is 0.721 bits per heavy atom. The molecule has 0 amide bonds. The third-order valence-corrected chi connectivity index (χ3v) is 8.75. The van der Waals surface area contributed by atoms with E-state index in [4.69, 9.17) is 22.4 Å². The highest BCUT2D eigenvalue weighted by molar-refractivity contribution is 9.10. The van der Waals surface area contributed by atoms with E-state index in [0.717, 1.165) is 59.7 Å². The first-order valence-electron chi connectivity index (χ1n) is 13.3. The second-order valence-corrected chi connectivity index (χ2v) is 11.7. The van der Waals surface area contributed by atoms with Crippen LogP contribution in [0.15, 0.2) is 94.4 Å². The Kier molecular flexibility index (Phi) is 11.6. The van der Waals surface area contributed by atoms with Gasteiger partial charge in [0.15, 0.2) is 5.15 Å². The lowest BCUT2D eigenvalue weighted by Crippen LogP contribution is -1.98. The number of nitrogen functional groups attached to an aromatic ring is 1. The van der Waals surface area contributed by atoms with E-state index >= 15 is 0 Å². The predicted molar refractivity (Wildman–Crippen MR) is 181 cm³/mol. The van der Waals surface area contributed by atoms with E-state index in [0.29, 0.717) is 10.7 Å². The van der Waals surface area contributed by atoms with Gasteiger partial charge in [-0.1, -0.05) is 61.7 Å². The second kappa shape index (κ2) is 15.3. The molecule has 4 aromatic heterocycles. The molecule has 0 spiro atoms. The number of nitrogens with two attached hydrogens (primary N) is 1. The number of anilines is 1. The molecule has 7 nitrogen and oxygen atoms in total. The van der Waals surface area contributed by atoms with Gasteiger partial charge in [-0.2, -0.15) is 0 Å². The molecule has 0 bridgehead atoms. The van der Waals surface area contributed by atoms with Gasteiger partial charge in [0.25, 0.3) is 0 Å². The lowest BCUT2D eigenvalue weighted by atomic mass is 10.0. The Balaban J connectivity index is 0.000000163. The topological polar surface area (TPSA) is 118 Å². The molecule has 0 saturated carbocycles. The van der Waals surface area contributed by atoms with Crippen LogP contribution in [-0.4, -0.2) is 30.1 Å². The number of hydrogen-bond donors (Lipinski definition) is 3. The van der Waals surface area contributed by atoms with Crippen LogP contribution in [0.4, 0.5) is 5.69 Å². The highest BCUT2D eigenvalue weighted by atomic mass is 79.9. The third kappa shape index (κ3) is 8.34. The summed E-state index contributed by atoms with van der Waals surface area (Å²) in [6, 6.07) is 19.5. The predicted octanol–water partition coefficient (Wildman–Crippen LogP) is 7.90. The first-order chi connectivity index (χ1) is 20.7. The Bertz CT molecular complexity index is 1850. The Hall–Kier alpha value is -3.47. The van der Waals surface area contributed by atoms with Crippen molar-refractivity contribution in [1.29, 1.82) is 0 Å². The summed E-state index contributed by atoms with van der Waals surface area (Å²) in [7, 11) is 0. The number of nitrogens with zero attached hydrogens (tertiary/aromatic N) is 4. The summed E-state index contributed by atoms with van der Waals surface area (Å²) >= 11 is 12.7. The van der Waals surface area contributed by atoms with Crippen LogP contribution in [-0.2, 0) is 19.6 Å². The summed E-state index contributed by atoms with van der Waals surface area (Å²) in [5.74, 6) is 0. The molecule has 0 radical (unpaired) electrons. The molecule has 10 heteroatoms. The molecule has 0 aliphatic carbocycles. The minimum atomic E-state index is -0.0110. The van der Waals surface area contributed by atoms with E-state index in [9.17, 15) is 5.11 Å². The first kappa shape index (κ1) is 32.4. The van der Waals surface area contributed by atoms with Crippen LogP contribution in [0.25, 0.3) is 21.8 Å². The van der Waals surface area contributed by atoms with Crippen LogP contribution in [0.2, 0.25) is 5.15 Å². The molecule has 4 heterocycles. The minimum Gasteiger partial charge on any atom is -0.398 e. The zero-order valence-corrected chi connectivity index (χ0v) is 27.5. The summed E-state index contributed by atoms with van der Waals surface area (Å²) < 4.78 is 2.18. The minimum absolute atomic E-state index is 0.00529. The van der Waals surface area contributed by atoms with Gasteiger partial charge in [-0.15, -0.1) is 0 Å². The quantitative estimate of drug-likeness (QED) is 0.125. The van der Waals surface area contributed by atoms with Crippen LogP contribution in [0, 0.1) is 13.8 Å². The number of aliphatic hydroxyl groups excluding tert-OH is 2. The van der Waals surface area contributed by atoms with Gasteiger partial charge in [0.2, 0.25) is 0 Å². The van der Waals surface area contributed by atoms with E-state index < -0.39 is 0 Å². The van der Waals surface area contributed by atoms with Gasteiger partial charge in [-0.05, 0) is 84.1 Å². The van der Waals surface area contributed by atoms with E-state index in [2.05, 4.69) is 64.8 Å². The van der Waals surface area contributed by atoms with Crippen molar-refractivity contribution in [3.05, 3.63) is 133 Å². The van der Waals surface area contributed by atoms with Gasteiger partial charge in [-0.3, -0.25) is 15.0 Å². The second-order valence-electron chi connectivity index (χ2n) is 9.66. The Morgan fingerprint density at radius 3 is 1.88 bits per heavy atom. The van der Waals surface area contributed by atoms with E-state index in [1.165, 1.54) is 11.1 Å². The highest BCUT2D eigenvalue weighted by Gasteiger charge is 2.09. The third-order valence-electron chi connectivity index (χ3n) is 6.76. The summed E-state index contributed by atoms with van der Waals surface area (Å²) in [6.45, 7) is 4.08. The number of aliphatic hydroxyl groups is 2. The van der Waals surface area contributed by atoms with Crippen molar-refractivity contribution >= 4 is 71.0 Å². The molecular formula is C33H30Br2ClN5O2. The molecule has 6 aromatic rings. The maximum absolute atomic E-state index is 9.21. The molecule has 220 valence electrons. The van der Waals surface area contributed by atoms with Gasteiger partial charge in [0.05, 0.1) is 24.4 Å². The standard InChI is InChI=1S/C17H15BrN2O.C9H7ClN2O.C7H8BrN/c1-11-13(3-2-4-15(11)18)8-16-17-14(5-6-19-16)7-12(10-21)9-20-17;10-9-8-7(1-2-11-9)3-6(5-13)4-12-8;1-5-6(8)3-2-4-7(5)9/h2-7,9,21H,8,10H2,1H3;1-4,13H,5H2;2-4H,9H2,1H3. The zero-order valence-electron chi connectivity index (χ0n) is 23.6. The van der Waals surface area contributed by atoms with E-state index in [1.54, 1.807) is 24.8 Å². The Labute approximate surface area is 272 Å². The molecule has 0 atom stereocenters. The zero-order chi connectivity index (χ0) is 30.9. The van der Waals surface area contributed by atoms with Crippen molar-refractivity contribution in [1.82, 2.24) is 19.9 Å². The number of hydrogen-bond acceptors (Lipinski definition) is 7.